The quantitative estimate of drug-likeness (QED) is 0.293. The lowest BCUT2D eigenvalue weighted by Crippen LogP contribution is -2.27. The zero-order valence-corrected chi connectivity index (χ0v) is 20.5. The van der Waals surface area contributed by atoms with Gasteiger partial charge in [0, 0.05) is 10.6 Å². The van der Waals surface area contributed by atoms with E-state index in [4.69, 9.17) is 20.5 Å². The van der Waals surface area contributed by atoms with Crippen LogP contribution in [0.2, 0.25) is 5.02 Å². The predicted octanol–water partition coefficient (Wildman–Crippen LogP) is 5.49. The molecular formula is C24H17ClFNO6S2. The molecule has 3 aromatic carbocycles. The molecule has 11 heteroatoms. The molecule has 1 heterocycles. The summed E-state index contributed by atoms with van der Waals surface area (Å²) in [5.74, 6) is -1.03. The van der Waals surface area contributed by atoms with Gasteiger partial charge >= 0.3 is 10.1 Å². The van der Waals surface area contributed by atoms with Crippen LogP contribution in [0.3, 0.4) is 0 Å². The molecule has 0 spiro atoms. The van der Waals surface area contributed by atoms with Crippen molar-refractivity contribution in [1.82, 2.24) is 4.90 Å². The largest absolute Gasteiger partial charge is 0.493 e. The number of thioether (sulfide) groups is 1. The van der Waals surface area contributed by atoms with Gasteiger partial charge in [-0.1, -0.05) is 35.9 Å². The molecule has 4 rings (SSSR count). The van der Waals surface area contributed by atoms with Crippen molar-refractivity contribution in [1.29, 1.82) is 0 Å². The van der Waals surface area contributed by atoms with Crippen molar-refractivity contribution >= 4 is 50.7 Å². The second-order valence-corrected chi connectivity index (χ2v) is 10.2. The van der Waals surface area contributed by atoms with Gasteiger partial charge in [0.15, 0.2) is 11.5 Å². The summed E-state index contributed by atoms with van der Waals surface area (Å²) in [6.07, 6.45) is 1.37. The Morgan fingerprint density at radius 2 is 1.71 bits per heavy atom. The van der Waals surface area contributed by atoms with Gasteiger partial charge in [-0.3, -0.25) is 14.5 Å². The van der Waals surface area contributed by atoms with Crippen LogP contribution >= 0.6 is 23.4 Å². The third kappa shape index (κ3) is 5.50. The summed E-state index contributed by atoms with van der Waals surface area (Å²) in [7, 11) is -2.92. The topological polar surface area (TPSA) is 90.0 Å². The molecule has 0 unspecified atom stereocenters. The van der Waals surface area contributed by atoms with Gasteiger partial charge in [-0.25, -0.2) is 4.39 Å². The number of hydrogen-bond acceptors (Lipinski definition) is 7. The van der Waals surface area contributed by atoms with Crippen LogP contribution < -0.4 is 8.92 Å². The van der Waals surface area contributed by atoms with Crippen LogP contribution in [-0.2, 0) is 21.5 Å². The predicted molar refractivity (Wildman–Crippen MR) is 130 cm³/mol. The van der Waals surface area contributed by atoms with E-state index < -0.39 is 27.1 Å². The molecule has 1 fully saturated rings. The molecule has 2 amide bonds. The first-order chi connectivity index (χ1) is 16.7. The second kappa shape index (κ2) is 10.1. The molecular weight excluding hydrogens is 517 g/mol. The fourth-order valence-corrected chi connectivity index (χ4v) is 5.12. The number of methoxy groups -OCH3 is 1. The number of carbonyl (C=O) groups excluding carboxylic acids is 2. The third-order valence-electron chi connectivity index (χ3n) is 4.94. The highest BCUT2D eigenvalue weighted by Gasteiger charge is 2.35. The smallest absolute Gasteiger partial charge is 0.339 e. The van der Waals surface area contributed by atoms with Crippen molar-refractivity contribution in [2.24, 2.45) is 0 Å². The molecule has 0 bridgehead atoms. The Morgan fingerprint density at radius 3 is 2.37 bits per heavy atom. The first kappa shape index (κ1) is 24.8. The van der Waals surface area contributed by atoms with E-state index in [1.807, 2.05) is 0 Å². The Morgan fingerprint density at radius 1 is 1.03 bits per heavy atom. The zero-order chi connectivity index (χ0) is 25.2. The van der Waals surface area contributed by atoms with Gasteiger partial charge in [0.1, 0.15) is 10.7 Å². The molecule has 0 N–H and O–H groups in total. The molecule has 3 aromatic rings. The summed E-state index contributed by atoms with van der Waals surface area (Å²) in [6, 6.07) is 15.5. The Labute approximate surface area is 210 Å². The Bertz CT molecular complexity index is 1420. The number of imide groups is 1. The molecule has 1 aliphatic rings. The third-order valence-corrected chi connectivity index (χ3v) is 7.33. The number of para-hydroxylation sites is 1. The average molecular weight is 534 g/mol. The van der Waals surface area contributed by atoms with Crippen LogP contribution in [0, 0.1) is 5.82 Å². The van der Waals surface area contributed by atoms with Crippen LogP contribution in [0.4, 0.5) is 9.18 Å². The van der Waals surface area contributed by atoms with Crippen LogP contribution in [0.5, 0.6) is 11.5 Å². The molecule has 0 aliphatic carbocycles. The standard InChI is InChI=1S/C24H17ClFNO6S2/c1-32-20-4-2-3-16(22(20)33-35(30,31)19-11-7-17(25)8-12-19)13-21-23(28)27(24(29)34-21)14-15-5-9-18(26)10-6-15/h2-13H,14H2,1H3/b21-13-. The van der Waals surface area contributed by atoms with E-state index in [-0.39, 0.29) is 33.4 Å². The van der Waals surface area contributed by atoms with Gasteiger partial charge in [0.05, 0.1) is 18.6 Å². The van der Waals surface area contributed by atoms with Gasteiger partial charge in [-0.15, -0.1) is 0 Å². The summed E-state index contributed by atoms with van der Waals surface area (Å²) in [4.78, 5) is 26.4. The Hall–Kier alpha value is -3.34. The van der Waals surface area contributed by atoms with Gasteiger partial charge in [0.2, 0.25) is 0 Å². The number of ether oxygens (including phenoxy) is 1. The molecule has 0 atom stereocenters. The fourth-order valence-electron chi connectivity index (χ4n) is 3.21. The van der Waals surface area contributed by atoms with Crippen molar-refractivity contribution in [2.75, 3.05) is 7.11 Å². The lowest BCUT2D eigenvalue weighted by atomic mass is 10.1. The number of carbonyl (C=O) groups is 2. The maximum absolute atomic E-state index is 13.2. The van der Waals surface area contributed by atoms with Gasteiger partial charge in [0.25, 0.3) is 11.1 Å². The number of benzene rings is 3. The van der Waals surface area contributed by atoms with Crippen molar-refractivity contribution in [3.8, 4) is 11.5 Å². The van der Waals surface area contributed by atoms with Crippen molar-refractivity contribution < 1.29 is 31.3 Å². The molecule has 1 aliphatic heterocycles. The highest BCUT2D eigenvalue weighted by molar-refractivity contribution is 8.18. The number of halogens is 2. The van der Waals surface area contributed by atoms with Crippen LogP contribution in [-0.4, -0.2) is 31.6 Å². The van der Waals surface area contributed by atoms with E-state index in [1.54, 1.807) is 6.07 Å². The van der Waals surface area contributed by atoms with E-state index in [9.17, 15) is 22.4 Å². The van der Waals surface area contributed by atoms with E-state index in [0.29, 0.717) is 22.3 Å². The molecule has 0 aromatic heterocycles. The Kier molecular flexibility index (Phi) is 7.15. The van der Waals surface area contributed by atoms with E-state index in [2.05, 4.69) is 0 Å². The van der Waals surface area contributed by atoms with Crippen molar-refractivity contribution in [3.05, 3.63) is 93.6 Å². The molecule has 180 valence electrons. The minimum atomic E-state index is -4.27. The first-order valence-electron chi connectivity index (χ1n) is 10.0. The number of hydrogen-bond donors (Lipinski definition) is 0. The lowest BCUT2D eigenvalue weighted by molar-refractivity contribution is -0.123. The van der Waals surface area contributed by atoms with E-state index in [1.165, 1.54) is 73.8 Å². The molecule has 7 nitrogen and oxygen atoms in total. The highest BCUT2D eigenvalue weighted by Crippen LogP contribution is 2.39. The summed E-state index contributed by atoms with van der Waals surface area (Å²) >= 11 is 6.54. The normalized spacial score (nSPS) is 15.1. The molecule has 0 radical (unpaired) electrons. The first-order valence-corrected chi connectivity index (χ1v) is 12.6. The molecule has 1 saturated heterocycles. The molecule has 0 saturated carbocycles. The van der Waals surface area contributed by atoms with E-state index >= 15 is 0 Å². The number of amides is 2. The highest BCUT2D eigenvalue weighted by atomic mass is 35.5. The van der Waals surface area contributed by atoms with E-state index in [0.717, 1.165) is 4.90 Å². The van der Waals surface area contributed by atoms with Crippen LogP contribution in [0.25, 0.3) is 6.08 Å². The average Bonchev–Trinajstić information content (AvgIpc) is 3.09. The Balaban J connectivity index is 1.65. The second-order valence-electron chi connectivity index (χ2n) is 7.26. The number of nitrogens with zero attached hydrogens (tertiary/aromatic N) is 1. The van der Waals surface area contributed by atoms with Crippen LogP contribution in [0.1, 0.15) is 11.1 Å². The maximum atomic E-state index is 13.2. The SMILES string of the molecule is COc1cccc(/C=C2\SC(=O)N(Cc3ccc(F)cc3)C2=O)c1OS(=O)(=O)c1ccc(Cl)cc1. The van der Waals surface area contributed by atoms with Gasteiger partial charge in [-0.2, -0.15) is 8.42 Å². The van der Waals surface area contributed by atoms with Gasteiger partial charge < -0.3 is 8.92 Å². The van der Waals surface area contributed by atoms with Crippen LogP contribution in [0.15, 0.2) is 76.5 Å². The summed E-state index contributed by atoms with van der Waals surface area (Å²) in [5.41, 5.74) is 0.795. The van der Waals surface area contributed by atoms with Crippen molar-refractivity contribution in [2.45, 2.75) is 11.4 Å². The van der Waals surface area contributed by atoms with Gasteiger partial charge in [-0.05, 0) is 65.9 Å². The summed E-state index contributed by atoms with van der Waals surface area (Å²) in [6.45, 7) is -0.0330. The number of rotatable bonds is 7. The molecule has 35 heavy (non-hydrogen) atoms. The fraction of sp³-hybridized carbons (Fsp3) is 0.0833. The van der Waals surface area contributed by atoms with Crippen molar-refractivity contribution in [3.63, 3.8) is 0 Å². The minimum Gasteiger partial charge on any atom is -0.493 e. The summed E-state index contributed by atoms with van der Waals surface area (Å²) in [5, 5.41) is -0.150. The monoisotopic (exact) mass is 533 g/mol. The summed E-state index contributed by atoms with van der Waals surface area (Å²) < 4.78 is 49.6. The minimum absolute atomic E-state index is 0.0330. The zero-order valence-electron chi connectivity index (χ0n) is 18.1. The lowest BCUT2D eigenvalue weighted by Gasteiger charge is -2.14. The maximum Gasteiger partial charge on any atom is 0.339 e.